The van der Waals surface area contributed by atoms with Crippen molar-refractivity contribution in [3.8, 4) is 11.5 Å². The highest BCUT2D eigenvalue weighted by Gasteiger charge is 2.07. The number of thiazole rings is 1. The van der Waals surface area contributed by atoms with Crippen LogP contribution in [0.5, 0.6) is 0 Å². The van der Waals surface area contributed by atoms with Crippen LogP contribution in [0.1, 0.15) is 5.69 Å². The maximum Gasteiger partial charge on any atom is 0.184 e. The molecule has 0 aromatic carbocycles. The third-order valence-electron chi connectivity index (χ3n) is 1.04. The summed E-state index contributed by atoms with van der Waals surface area (Å²) in [6.07, 6.45) is 0. The molecule has 0 aliphatic rings. The Kier molecular flexibility index (Phi) is 2.94. The van der Waals surface area contributed by atoms with Crippen LogP contribution in [0.25, 0.3) is 0 Å². The van der Waals surface area contributed by atoms with E-state index in [4.69, 9.17) is 11.6 Å². The topological polar surface area (TPSA) is 12.9 Å². The van der Waals surface area contributed by atoms with Gasteiger partial charge in [0.1, 0.15) is 13.8 Å². The van der Waals surface area contributed by atoms with Gasteiger partial charge in [0.25, 0.3) is 0 Å². The van der Waals surface area contributed by atoms with Gasteiger partial charge < -0.3 is 0 Å². The fourth-order valence-corrected chi connectivity index (χ4v) is 1.76. The molecule has 1 aromatic rings. The summed E-state index contributed by atoms with van der Waals surface area (Å²) in [4.78, 5) is 4.05. The maximum absolute atomic E-state index is 5.66. The molecule has 1 aromatic heterocycles. The highest BCUT2D eigenvalue weighted by atomic mass is 35.5. The van der Waals surface area contributed by atoms with Crippen molar-refractivity contribution < 1.29 is 0 Å². The first-order chi connectivity index (χ1) is 5.47. The molecular formula is C8H10ClNSSi. The number of halogens is 1. The molecule has 0 radical (unpaired) electrons. The van der Waals surface area contributed by atoms with E-state index in [1.165, 1.54) is 11.3 Å². The monoisotopic (exact) mass is 215 g/mol. The lowest BCUT2D eigenvalue weighted by atomic mass is 10.5. The lowest BCUT2D eigenvalue weighted by Gasteiger charge is -2.02. The second-order valence-electron chi connectivity index (χ2n) is 3.49. The van der Waals surface area contributed by atoms with E-state index in [0.29, 0.717) is 4.47 Å². The molecule has 64 valence electrons. The number of hydrogen-bond acceptors (Lipinski definition) is 2. The van der Waals surface area contributed by atoms with E-state index in [9.17, 15) is 0 Å². The molecule has 1 rings (SSSR count). The molecule has 1 nitrogen and oxygen atoms in total. The zero-order valence-corrected chi connectivity index (χ0v) is 9.88. The number of aromatic nitrogens is 1. The van der Waals surface area contributed by atoms with E-state index < -0.39 is 8.07 Å². The van der Waals surface area contributed by atoms with Crippen molar-refractivity contribution >= 4 is 31.0 Å². The van der Waals surface area contributed by atoms with Crippen LogP contribution in [0.2, 0.25) is 24.1 Å². The molecule has 0 saturated carbocycles. The molecule has 0 amide bonds. The van der Waals surface area contributed by atoms with Gasteiger partial charge in [0.2, 0.25) is 0 Å². The van der Waals surface area contributed by atoms with E-state index in [1.807, 2.05) is 5.38 Å². The summed E-state index contributed by atoms with van der Waals surface area (Å²) in [5.74, 6) is 3.03. The van der Waals surface area contributed by atoms with Crippen molar-refractivity contribution in [2.75, 3.05) is 0 Å². The smallest absolute Gasteiger partial charge is 0.184 e. The van der Waals surface area contributed by atoms with Gasteiger partial charge in [-0.3, -0.25) is 0 Å². The first-order valence-corrected chi connectivity index (χ1v) is 8.37. The Hall–Kier alpha value is -0.303. The van der Waals surface area contributed by atoms with Gasteiger partial charge in [-0.2, -0.15) is 0 Å². The van der Waals surface area contributed by atoms with Crippen LogP contribution in [-0.2, 0) is 0 Å². The Bertz CT molecular complexity index is 329. The molecular weight excluding hydrogens is 206 g/mol. The molecule has 0 bridgehead atoms. The molecule has 0 fully saturated rings. The normalized spacial score (nSPS) is 10.7. The third kappa shape index (κ3) is 3.40. The Morgan fingerprint density at radius 3 is 2.58 bits per heavy atom. The average molecular weight is 216 g/mol. The van der Waals surface area contributed by atoms with Gasteiger partial charge in [-0.15, -0.1) is 16.9 Å². The first kappa shape index (κ1) is 9.78. The summed E-state index contributed by atoms with van der Waals surface area (Å²) < 4.78 is 0.565. The van der Waals surface area contributed by atoms with Crippen molar-refractivity contribution in [1.29, 1.82) is 0 Å². The second kappa shape index (κ2) is 3.61. The minimum Gasteiger partial charge on any atom is -0.216 e. The van der Waals surface area contributed by atoms with Crippen molar-refractivity contribution in [2.45, 2.75) is 19.6 Å². The summed E-state index contributed by atoms with van der Waals surface area (Å²) in [7, 11) is -1.27. The van der Waals surface area contributed by atoms with Crippen molar-refractivity contribution in [3.63, 3.8) is 0 Å². The van der Waals surface area contributed by atoms with E-state index in [2.05, 4.69) is 36.1 Å². The van der Waals surface area contributed by atoms with E-state index >= 15 is 0 Å². The average Bonchev–Trinajstić information content (AvgIpc) is 2.30. The van der Waals surface area contributed by atoms with Crippen LogP contribution in [-0.4, -0.2) is 13.1 Å². The minimum atomic E-state index is -1.27. The predicted octanol–water partition coefficient (Wildman–Crippen LogP) is 3.03. The minimum absolute atomic E-state index is 0.565. The van der Waals surface area contributed by atoms with Gasteiger partial charge in [-0.05, 0) is 0 Å². The zero-order chi connectivity index (χ0) is 9.19. The fourth-order valence-electron chi connectivity index (χ4n) is 0.561. The zero-order valence-electron chi connectivity index (χ0n) is 7.31. The van der Waals surface area contributed by atoms with Crippen LogP contribution < -0.4 is 0 Å². The van der Waals surface area contributed by atoms with Gasteiger partial charge in [-0.1, -0.05) is 37.2 Å². The van der Waals surface area contributed by atoms with Crippen LogP contribution in [0, 0.1) is 11.5 Å². The molecule has 0 aliphatic heterocycles. The molecule has 0 N–H and O–H groups in total. The molecule has 0 atom stereocenters. The summed E-state index contributed by atoms with van der Waals surface area (Å²) in [6, 6.07) is 0. The van der Waals surface area contributed by atoms with E-state index in [0.717, 1.165) is 5.69 Å². The number of nitrogens with zero attached hydrogens (tertiary/aromatic N) is 1. The van der Waals surface area contributed by atoms with Crippen LogP contribution in [0.3, 0.4) is 0 Å². The largest absolute Gasteiger partial charge is 0.216 e. The molecule has 0 spiro atoms. The van der Waals surface area contributed by atoms with Crippen LogP contribution in [0.15, 0.2) is 5.38 Å². The predicted molar refractivity (Wildman–Crippen MR) is 57.3 cm³/mol. The quantitative estimate of drug-likeness (QED) is 0.479. The third-order valence-corrected chi connectivity index (χ3v) is 2.90. The van der Waals surface area contributed by atoms with Gasteiger partial charge >= 0.3 is 0 Å². The number of hydrogen-bond donors (Lipinski definition) is 0. The van der Waals surface area contributed by atoms with Gasteiger partial charge in [0, 0.05) is 5.38 Å². The highest BCUT2D eigenvalue weighted by molar-refractivity contribution is 7.14. The molecule has 0 saturated heterocycles. The van der Waals surface area contributed by atoms with Gasteiger partial charge in [-0.25, -0.2) is 4.98 Å². The summed E-state index contributed by atoms with van der Waals surface area (Å²) in [5, 5.41) is 1.88. The molecule has 4 heteroatoms. The van der Waals surface area contributed by atoms with Gasteiger partial charge in [0.15, 0.2) is 4.47 Å². The van der Waals surface area contributed by atoms with E-state index in [-0.39, 0.29) is 0 Å². The SMILES string of the molecule is C[Si](C)(C)C#Cc1csc(Cl)n1. The Morgan fingerprint density at radius 2 is 2.17 bits per heavy atom. The first-order valence-electron chi connectivity index (χ1n) is 3.61. The van der Waals surface area contributed by atoms with Crippen LogP contribution in [0.4, 0.5) is 0 Å². The van der Waals surface area contributed by atoms with Crippen molar-refractivity contribution in [2.24, 2.45) is 0 Å². The summed E-state index contributed by atoms with van der Waals surface area (Å²) >= 11 is 7.08. The molecule has 1 heterocycles. The maximum atomic E-state index is 5.66. The Balaban J connectivity index is 2.80. The van der Waals surface area contributed by atoms with Crippen molar-refractivity contribution in [1.82, 2.24) is 4.98 Å². The van der Waals surface area contributed by atoms with E-state index in [1.54, 1.807) is 0 Å². The van der Waals surface area contributed by atoms with Crippen LogP contribution >= 0.6 is 22.9 Å². The standard InChI is InChI=1S/C8H10ClNSSi/c1-12(2,3)5-4-7-6-11-8(9)10-7/h6H,1-3H3. The summed E-state index contributed by atoms with van der Waals surface area (Å²) in [6.45, 7) is 6.61. The molecule has 0 unspecified atom stereocenters. The Labute approximate surface area is 82.8 Å². The lowest BCUT2D eigenvalue weighted by molar-refractivity contribution is 1.37. The second-order valence-corrected chi connectivity index (χ2v) is 9.68. The van der Waals surface area contributed by atoms with Gasteiger partial charge in [0.05, 0.1) is 0 Å². The lowest BCUT2D eigenvalue weighted by Crippen LogP contribution is -2.16. The molecule has 12 heavy (non-hydrogen) atoms. The fraction of sp³-hybridized carbons (Fsp3) is 0.375. The Morgan fingerprint density at radius 1 is 1.50 bits per heavy atom. The van der Waals surface area contributed by atoms with Crippen molar-refractivity contribution in [3.05, 3.63) is 15.5 Å². The highest BCUT2D eigenvalue weighted by Crippen LogP contribution is 2.14. The number of rotatable bonds is 0. The summed E-state index contributed by atoms with van der Waals surface area (Å²) in [5.41, 5.74) is 4.02. The molecule has 0 aliphatic carbocycles.